The van der Waals surface area contributed by atoms with Crippen molar-refractivity contribution in [2.45, 2.75) is 32.8 Å². The normalized spacial score (nSPS) is 11.1. The van der Waals surface area contributed by atoms with Crippen molar-refractivity contribution in [3.05, 3.63) is 16.1 Å². The molecule has 0 saturated heterocycles. The third-order valence-electron chi connectivity index (χ3n) is 2.26. The van der Waals surface area contributed by atoms with Gasteiger partial charge in [-0.2, -0.15) is 0 Å². The van der Waals surface area contributed by atoms with Crippen LogP contribution < -0.4 is 0 Å². The summed E-state index contributed by atoms with van der Waals surface area (Å²) in [6.07, 6.45) is 0.748. The maximum absolute atomic E-state index is 10.8. The first kappa shape index (κ1) is 13.6. The Balaban J connectivity index is 2.56. The van der Waals surface area contributed by atoms with Crippen LogP contribution >= 0.6 is 15.9 Å². The van der Waals surface area contributed by atoms with Crippen molar-refractivity contribution in [1.82, 2.24) is 9.55 Å². The maximum atomic E-state index is 10.8. The molecule has 6 heteroatoms. The lowest BCUT2D eigenvalue weighted by Gasteiger charge is -2.08. The van der Waals surface area contributed by atoms with E-state index in [0.29, 0.717) is 12.6 Å². The summed E-state index contributed by atoms with van der Waals surface area (Å²) in [5.74, 6) is 0.408. The Morgan fingerprint density at radius 2 is 2.25 bits per heavy atom. The SMILES string of the molecule is Cc1nc(C=O)n(COCC[SiH](C)C)c1Br. The number of aryl methyl sites for hydroxylation is 1. The minimum absolute atomic E-state index is 0.386. The molecule has 0 N–H and O–H groups in total. The first-order valence-corrected chi connectivity index (χ1v) is 9.23. The first-order chi connectivity index (χ1) is 7.56. The van der Waals surface area contributed by atoms with Gasteiger partial charge in [0.05, 0.1) is 5.69 Å². The van der Waals surface area contributed by atoms with Gasteiger partial charge in [-0.15, -0.1) is 0 Å². The highest BCUT2D eigenvalue weighted by Gasteiger charge is 2.11. The van der Waals surface area contributed by atoms with E-state index >= 15 is 0 Å². The van der Waals surface area contributed by atoms with Crippen molar-refractivity contribution in [3.8, 4) is 0 Å². The minimum atomic E-state index is -0.554. The van der Waals surface area contributed by atoms with Crippen molar-refractivity contribution in [3.63, 3.8) is 0 Å². The zero-order valence-electron chi connectivity index (χ0n) is 9.86. The lowest BCUT2D eigenvalue weighted by molar-refractivity contribution is 0.0821. The predicted octanol–water partition coefficient (Wildman–Crippen LogP) is 2.23. The molecular formula is C10H17BrN2O2Si. The van der Waals surface area contributed by atoms with E-state index in [1.54, 1.807) is 4.57 Å². The third-order valence-corrected chi connectivity index (χ3v) is 4.65. The van der Waals surface area contributed by atoms with E-state index in [1.807, 2.05) is 6.92 Å². The maximum Gasteiger partial charge on any atom is 0.185 e. The number of halogens is 1. The number of aldehydes is 1. The topological polar surface area (TPSA) is 44.1 Å². The standard InChI is InChI=1S/C10H17BrN2O2Si/c1-8-10(11)13(9(6-14)12-8)7-15-4-5-16(2)3/h6,16H,4-5,7H2,1-3H3. The number of rotatable bonds is 6. The molecule has 0 atom stereocenters. The van der Waals surface area contributed by atoms with Crippen LogP contribution in [-0.4, -0.2) is 31.2 Å². The van der Waals surface area contributed by atoms with Gasteiger partial charge in [-0.05, 0) is 28.9 Å². The molecule has 0 aliphatic heterocycles. The molecule has 0 amide bonds. The molecule has 0 radical (unpaired) electrons. The minimum Gasteiger partial charge on any atom is -0.361 e. The van der Waals surface area contributed by atoms with Crippen LogP contribution in [0.15, 0.2) is 4.60 Å². The Hall–Kier alpha value is -0.463. The largest absolute Gasteiger partial charge is 0.361 e. The van der Waals surface area contributed by atoms with Crippen LogP contribution in [0.4, 0.5) is 0 Å². The Kier molecular flexibility index (Phi) is 5.37. The summed E-state index contributed by atoms with van der Waals surface area (Å²) < 4.78 is 8.09. The van der Waals surface area contributed by atoms with Crippen molar-refractivity contribution >= 4 is 31.0 Å². The lowest BCUT2D eigenvalue weighted by Crippen LogP contribution is -2.10. The van der Waals surface area contributed by atoms with Crippen LogP contribution in [0.3, 0.4) is 0 Å². The highest BCUT2D eigenvalue weighted by molar-refractivity contribution is 9.10. The molecule has 1 rings (SSSR count). The Morgan fingerprint density at radius 1 is 1.56 bits per heavy atom. The number of imidazole rings is 1. The van der Waals surface area contributed by atoms with E-state index in [4.69, 9.17) is 4.74 Å². The number of ether oxygens (including phenoxy) is 1. The number of nitrogens with zero attached hydrogens (tertiary/aromatic N) is 2. The van der Waals surface area contributed by atoms with E-state index in [1.165, 1.54) is 0 Å². The van der Waals surface area contributed by atoms with Gasteiger partial charge in [-0.3, -0.25) is 9.36 Å². The molecule has 0 bridgehead atoms. The van der Waals surface area contributed by atoms with Crippen molar-refractivity contribution in [2.75, 3.05) is 6.61 Å². The van der Waals surface area contributed by atoms with Crippen LogP contribution in [0.2, 0.25) is 19.1 Å². The zero-order valence-corrected chi connectivity index (χ0v) is 12.6. The molecule has 1 aromatic heterocycles. The van der Waals surface area contributed by atoms with Gasteiger partial charge in [0.2, 0.25) is 0 Å². The molecule has 0 aromatic carbocycles. The molecule has 4 nitrogen and oxygen atoms in total. The van der Waals surface area contributed by atoms with Crippen molar-refractivity contribution in [1.29, 1.82) is 0 Å². The third kappa shape index (κ3) is 3.53. The Morgan fingerprint density at radius 3 is 2.81 bits per heavy atom. The summed E-state index contributed by atoms with van der Waals surface area (Å²) in [4.78, 5) is 14.9. The first-order valence-electron chi connectivity index (χ1n) is 5.31. The molecular weight excluding hydrogens is 288 g/mol. The van der Waals surface area contributed by atoms with E-state index in [-0.39, 0.29) is 0 Å². The Bertz CT molecular complexity index is 366. The van der Waals surface area contributed by atoms with E-state index in [2.05, 4.69) is 34.0 Å². The summed E-state index contributed by atoms with van der Waals surface area (Å²) >= 11 is 3.39. The molecule has 0 unspecified atom stereocenters. The molecule has 1 heterocycles. The quantitative estimate of drug-likeness (QED) is 0.460. The van der Waals surface area contributed by atoms with Gasteiger partial charge in [0.25, 0.3) is 0 Å². The fraction of sp³-hybridized carbons (Fsp3) is 0.600. The number of hydrogen-bond acceptors (Lipinski definition) is 3. The van der Waals surface area contributed by atoms with Crippen LogP contribution in [0.25, 0.3) is 0 Å². The Labute approximate surface area is 106 Å². The smallest absolute Gasteiger partial charge is 0.185 e. The summed E-state index contributed by atoms with van der Waals surface area (Å²) in [5.41, 5.74) is 0.809. The number of carbonyl (C=O) groups excluding carboxylic acids is 1. The molecule has 16 heavy (non-hydrogen) atoms. The number of carbonyl (C=O) groups is 1. The van der Waals surface area contributed by atoms with Gasteiger partial charge in [0, 0.05) is 15.4 Å². The number of hydrogen-bond donors (Lipinski definition) is 0. The van der Waals surface area contributed by atoms with Gasteiger partial charge in [0.15, 0.2) is 12.1 Å². The van der Waals surface area contributed by atoms with Crippen LogP contribution in [0.5, 0.6) is 0 Å². The highest BCUT2D eigenvalue weighted by atomic mass is 79.9. The highest BCUT2D eigenvalue weighted by Crippen LogP contribution is 2.17. The van der Waals surface area contributed by atoms with Crippen LogP contribution in [-0.2, 0) is 11.5 Å². The van der Waals surface area contributed by atoms with Gasteiger partial charge in [-0.25, -0.2) is 4.98 Å². The summed E-state index contributed by atoms with van der Waals surface area (Å²) in [6.45, 7) is 7.58. The number of aromatic nitrogens is 2. The average molecular weight is 305 g/mol. The van der Waals surface area contributed by atoms with E-state index in [0.717, 1.165) is 29.2 Å². The monoisotopic (exact) mass is 304 g/mol. The second-order valence-electron chi connectivity index (χ2n) is 4.11. The van der Waals surface area contributed by atoms with Crippen molar-refractivity contribution < 1.29 is 9.53 Å². The molecule has 0 fully saturated rings. The molecule has 0 aliphatic rings. The fourth-order valence-corrected chi connectivity index (χ4v) is 2.27. The van der Waals surface area contributed by atoms with Gasteiger partial charge >= 0.3 is 0 Å². The van der Waals surface area contributed by atoms with Gasteiger partial charge in [0.1, 0.15) is 11.3 Å². The van der Waals surface area contributed by atoms with Gasteiger partial charge in [-0.1, -0.05) is 13.1 Å². The molecule has 1 aromatic rings. The molecule has 0 spiro atoms. The second-order valence-corrected chi connectivity index (χ2v) is 8.23. The predicted molar refractivity (Wildman–Crippen MR) is 69.7 cm³/mol. The average Bonchev–Trinajstić information content (AvgIpc) is 2.50. The summed E-state index contributed by atoms with van der Waals surface area (Å²) in [6, 6.07) is 1.15. The van der Waals surface area contributed by atoms with E-state index < -0.39 is 8.80 Å². The summed E-state index contributed by atoms with van der Waals surface area (Å²) in [5, 5.41) is 0. The second kappa shape index (κ2) is 6.32. The van der Waals surface area contributed by atoms with Gasteiger partial charge < -0.3 is 4.74 Å². The fourth-order valence-electron chi connectivity index (χ4n) is 1.26. The van der Waals surface area contributed by atoms with Crippen LogP contribution in [0, 0.1) is 6.92 Å². The lowest BCUT2D eigenvalue weighted by atomic mass is 10.6. The van der Waals surface area contributed by atoms with Crippen LogP contribution in [0.1, 0.15) is 16.3 Å². The molecule has 0 aliphatic carbocycles. The summed E-state index contributed by atoms with van der Waals surface area (Å²) in [7, 11) is -0.554. The zero-order chi connectivity index (χ0) is 12.1. The molecule has 0 saturated carbocycles. The van der Waals surface area contributed by atoms with E-state index in [9.17, 15) is 4.79 Å². The molecule has 90 valence electrons. The van der Waals surface area contributed by atoms with Crippen molar-refractivity contribution in [2.24, 2.45) is 0 Å².